The van der Waals surface area contributed by atoms with Gasteiger partial charge in [-0.1, -0.05) is 18.2 Å². The van der Waals surface area contributed by atoms with Crippen molar-refractivity contribution >= 4 is 5.96 Å². The molecule has 0 atom stereocenters. The predicted octanol–water partition coefficient (Wildman–Crippen LogP) is 3.12. The lowest BCUT2D eigenvalue weighted by Gasteiger charge is -2.12. The highest BCUT2D eigenvalue weighted by Gasteiger charge is 2.03. The quantitative estimate of drug-likeness (QED) is 0.394. The van der Waals surface area contributed by atoms with E-state index in [0.717, 1.165) is 31.8 Å². The number of hydrogen-bond donors (Lipinski definition) is 2. The Hall–Kier alpha value is -2.34. The fraction of sp³-hybridized carbons (Fsp3) is 0.421. The normalized spacial score (nSPS) is 11.5. The summed E-state index contributed by atoms with van der Waals surface area (Å²) >= 11 is 0. The first-order valence-electron chi connectivity index (χ1n) is 8.65. The fourth-order valence-corrected chi connectivity index (χ4v) is 2.25. The van der Waals surface area contributed by atoms with E-state index in [9.17, 15) is 4.39 Å². The van der Waals surface area contributed by atoms with Gasteiger partial charge in [0.05, 0.1) is 12.8 Å². The number of furan rings is 1. The standard InChI is InChI=1S/C19H26FN3O2/c1-2-24-13-6-11-21-19(22-12-10-17-8-5-14-25-17)23-15-16-7-3-4-9-18(16)20/h3-5,7-9,14H,2,6,10-13,15H2,1H3,(H2,21,22,23). The molecule has 25 heavy (non-hydrogen) atoms. The van der Waals surface area contributed by atoms with Gasteiger partial charge >= 0.3 is 0 Å². The van der Waals surface area contributed by atoms with Gasteiger partial charge in [0.15, 0.2) is 5.96 Å². The van der Waals surface area contributed by atoms with Crippen LogP contribution in [0.2, 0.25) is 0 Å². The molecule has 0 saturated heterocycles. The van der Waals surface area contributed by atoms with E-state index in [4.69, 9.17) is 9.15 Å². The van der Waals surface area contributed by atoms with Gasteiger partial charge in [0.2, 0.25) is 0 Å². The number of halogens is 1. The van der Waals surface area contributed by atoms with Crippen LogP contribution in [0.3, 0.4) is 0 Å². The number of aliphatic imine (C=N–C) groups is 1. The van der Waals surface area contributed by atoms with Crippen LogP contribution in [0.4, 0.5) is 4.39 Å². The minimum atomic E-state index is -0.238. The maximum absolute atomic E-state index is 13.7. The summed E-state index contributed by atoms with van der Waals surface area (Å²) in [5, 5.41) is 6.51. The van der Waals surface area contributed by atoms with Crippen molar-refractivity contribution in [2.24, 2.45) is 4.99 Å². The first-order chi connectivity index (χ1) is 12.3. The summed E-state index contributed by atoms with van der Waals surface area (Å²) in [7, 11) is 0. The summed E-state index contributed by atoms with van der Waals surface area (Å²) in [6.07, 6.45) is 3.30. The van der Waals surface area contributed by atoms with E-state index in [2.05, 4.69) is 15.6 Å². The van der Waals surface area contributed by atoms with Gasteiger partial charge in [-0.15, -0.1) is 0 Å². The van der Waals surface area contributed by atoms with E-state index in [0.29, 0.717) is 24.7 Å². The van der Waals surface area contributed by atoms with Crippen LogP contribution in [0.25, 0.3) is 0 Å². The van der Waals surface area contributed by atoms with Crippen LogP contribution in [-0.2, 0) is 17.7 Å². The van der Waals surface area contributed by atoms with Crippen LogP contribution >= 0.6 is 0 Å². The van der Waals surface area contributed by atoms with Gasteiger partial charge in [-0.3, -0.25) is 0 Å². The zero-order chi connectivity index (χ0) is 17.7. The molecule has 0 amide bonds. The Morgan fingerprint density at radius 2 is 2.00 bits per heavy atom. The number of rotatable bonds is 10. The number of hydrogen-bond acceptors (Lipinski definition) is 3. The largest absolute Gasteiger partial charge is 0.469 e. The second-order valence-electron chi connectivity index (χ2n) is 5.49. The lowest BCUT2D eigenvalue weighted by molar-refractivity contribution is 0.145. The van der Waals surface area contributed by atoms with Crippen LogP contribution < -0.4 is 10.6 Å². The molecule has 6 heteroatoms. The van der Waals surface area contributed by atoms with Crippen molar-refractivity contribution in [1.29, 1.82) is 0 Å². The molecule has 0 aliphatic carbocycles. The molecule has 0 radical (unpaired) electrons. The smallest absolute Gasteiger partial charge is 0.191 e. The van der Waals surface area contributed by atoms with Crippen LogP contribution in [0.15, 0.2) is 52.1 Å². The summed E-state index contributed by atoms with van der Waals surface area (Å²) in [6, 6.07) is 10.5. The third-order valence-electron chi connectivity index (χ3n) is 3.57. The summed E-state index contributed by atoms with van der Waals surface area (Å²) in [5.74, 6) is 1.33. The Balaban J connectivity index is 1.85. The van der Waals surface area contributed by atoms with Crippen molar-refractivity contribution < 1.29 is 13.5 Å². The van der Waals surface area contributed by atoms with Gasteiger partial charge in [0, 0.05) is 38.3 Å². The third kappa shape index (κ3) is 7.39. The van der Waals surface area contributed by atoms with Crippen molar-refractivity contribution in [2.45, 2.75) is 26.3 Å². The Labute approximate surface area is 148 Å². The number of ether oxygens (including phenoxy) is 1. The van der Waals surface area contributed by atoms with E-state index in [1.54, 1.807) is 18.4 Å². The van der Waals surface area contributed by atoms with E-state index in [1.807, 2.05) is 25.1 Å². The molecule has 5 nitrogen and oxygen atoms in total. The number of nitrogens with zero attached hydrogens (tertiary/aromatic N) is 1. The molecule has 2 rings (SSSR count). The molecule has 0 aliphatic rings. The van der Waals surface area contributed by atoms with Gasteiger partial charge in [0.1, 0.15) is 11.6 Å². The van der Waals surface area contributed by atoms with Crippen molar-refractivity contribution in [1.82, 2.24) is 10.6 Å². The lowest BCUT2D eigenvalue weighted by Crippen LogP contribution is -2.39. The maximum Gasteiger partial charge on any atom is 0.191 e. The van der Waals surface area contributed by atoms with E-state index >= 15 is 0 Å². The molecule has 0 aliphatic heterocycles. The maximum atomic E-state index is 13.7. The van der Waals surface area contributed by atoms with Crippen LogP contribution in [0, 0.1) is 5.82 Å². The van der Waals surface area contributed by atoms with E-state index in [-0.39, 0.29) is 12.4 Å². The number of nitrogens with one attached hydrogen (secondary N) is 2. The average Bonchev–Trinajstić information content (AvgIpc) is 3.13. The monoisotopic (exact) mass is 347 g/mol. The predicted molar refractivity (Wildman–Crippen MR) is 97.1 cm³/mol. The minimum absolute atomic E-state index is 0.238. The van der Waals surface area contributed by atoms with Crippen LogP contribution in [0.1, 0.15) is 24.7 Å². The minimum Gasteiger partial charge on any atom is -0.469 e. The molecular weight excluding hydrogens is 321 g/mol. The summed E-state index contributed by atoms with van der Waals surface area (Å²) in [5.41, 5.74) is 0.573. The first kappa shape index (κ1) is 19.0. The van der Waals surface area contributed by atoms with Gasteiger partial charge in [-0.25, -0.2) is 9.38 Å². The van der Waals surface area contributed by atoms with Gasteiger partial charge in [-0.05, 0) is 31.5 Å². The molecule has 1 heterocycles. The summed E-state index contributed by atoms with van der Waals surface area (Å²) in [6.45, 7) is 5.11. The van der Waals surface area contributed by atoms with Crippen molar-refractivity contribution in [3.8, 4) is 0 Å². The molecule has 2 aromatic rings. The van der Waals surface area contributed by atoms with Gasteiger partial charge in [0.25, 0.3) is 0 Å². The lowest BCUT2D eigenvalue weighted by atomic mass is 10.2. The Kier molecular flexibility index (Phi) is 8.55. The van der Waals surface area contributed by atoms with Crippen LogP contribution in [-0.4, -0.2) is 32.3 Å². The Morgan fingerprint density at radius 1 is 1.16 bits per heavy atom. The first-order valence-corrected chi connectivity index (χ1v) is 8.65. The third-order valence-corrected chi connectivity index (χ3v) is 3.57. The number of benzene rings is 1. The molecule has 0 saturated carbocycles. The van der Waals surface area contributed by atoms with Gasteiger partial charge < -0.3 is 19.8 Å². The second-order valence-corrected chi connectivity index (χ2v) is 5.49. The SMILES string of the molecule is CCOCCCNC(=NCc1ccccc1F)NCCc1ccco1. The molecule has 0 bridgehead atoms. The Bertz CT molecular complexity index is 629. The molecule has 1 aromatic carbocycles. The highest BCUT2D eigenvalue weighted by molar-refractivity contribution is 5.79. The molecule has 0 fully saturated rings. The molecule has 1 aromatic heterocycles. The summed E-state index contributed by atoms with van der Waals surface area (Å²) in [4.78, 5) is 4.47. The molecule has 136 valence electrons. The molecular formula is C19H26FN3O2. The zero-order valence-corrected chi connectivity index (χ0v) is 14.6. The Morgan fingerprint density at radius 3 is 2.76 bits per heavy atom. The van der Waals surface area contributed by atoms with E-state index < -0.39 is 0 Å². The zero-order valence-electron chi connectivity index (χ0n) is 14.6. The highest BCUT2D eigenvalue weighted by Crippen LogP contribution is 2.07. The second kappa shape index (κ2) is 11.3. The average molecular weight is 347 g/mol. The van der Waals surface area contributed by atoms with Crippen molar-refractivity contribution in [3.05, 3.63) is 59.8 Å². The number of guanidine groups is 1. The molecule has 0 unspecified atom stereocenters. The topological polar surface area (TPSA) is 58.8 Å². The molecule has 2 N–H and O–H groups in total. The van der Waals surface area contributed by atoms with Gasteiger partial charge in [-0.2, -0.15) is 0 Å². The fourth-order valence-electron chi connectivity index (χ4n) is 2.25. The van der Waals surface area contributed by atoms with Crippen molar-refractivity contribution in [3.63, 3.8) is 0 Å². The van der Waals surface area contributed by atoms with Crippen molar-refractivity contribution in [2.75, 3.05) is 26.3 Å². The van der Waals surface area contributed by atoms with Crippen LogP contribution in [0.5, 0.6) is 0 Å². The molecule has 0 spiro atoms. The van der Waals surface area contributed by atoms with E-state index in [1.165, 1.54) is 6.07 Å². The highest BCUT2D eigenvalue weighted by atomic mass is 19.1. The summed E-state index contributed by atoms with van der Waals surface area (Å²) < 4.78 is 24.4.